The summed E-state index contributed by atoms with van der Waals surface area (Å²) in [6.07, 6.45) is 3.92. The lowest BCUT2D eigenvalue weighted by molar-refractivity contribution is -0.126. The van der Waals surface area contributed by atoms with Gasteiger partial charge in [-0.25, -0.2) is 0 Å². The fourth-order valence-electron chi connectivity index (χ4n) is 2.62. The molecule has 0 saturated heterocycles. The van der Waals surface area contributed by atoms with E-state index in [9.17, 15) is 4.79 Å². The van der Waals surface area contributed by atoms with Gasteiger partial charge in [0, 0.05) is 12.0 Å². The van der Waals surface area contributed by atoms with Crippen molar-refractivity contribution in [3.05, 3.63) is 35.9 Å². The molecule has 1 fully saturated rings. The molecule has 1 amide bonds. The number of rotatable bonds is 3. The van der Waals surface area contributed by atoms with Gasteiger partial charge < -0.3 is 11.1 Å². The van der Waals surface area contributed by atoms with Crippen LogP contribution in [0.1, 0.15) is 44.2 Å². The van der Waals surface area contributed by atoms with Crippen LogP contribution in [0.2, 0.25) is 0 Å². The van der Waals surface area contributed by atoms with Crippen molar-refractivity contribution in [3.63, 3.8) is 0 Å². The van der Waals surface area contributed by atoms with E-state index in [1.165, 1.54) is 0 Å². The van der Waals surface area contributed by atoms with E-state index < -0.39 is 0 Å². The Bertz CT molecular complexity index is 391. The summed E-state index contributed by atoms with van der Waals surface area (Å²) >= 11 is 0. The smallest absolute Gasteiger partial charge is 0.223 e. The molecule has 3 atom stereocenters. The van der Waals surface area contributed by atoms with Crippen molar-refractivity contribution in [2.45, 2.75) is 44.7 Å². The molecular weight excluding hydrogens is 224 g/mol. The number of amides is 1. The summed E-state index contributed by atoms with van der Waals surface area (Å²) in [5.74, 6) is 0.251. The van der Waals surface area contributed by atoms with Gasteiger partial charge in [-0.2, -0.15) is 0 Å². The van der Waals surface area contributed by atoms with Gasteiger partial charge in [0.2, 0.25) is 5.91 Å². The topological polar surface area (TPSA) is 55.1 Å². The van der Waals surface area contributed by atoms with Gasteiger partial charge in [-0.05, 0) is 31.7 Å². The first kappa shape index (κ1) is 13.1. The molecular formula is C15H22N2O. The van der Waals surface area contributed by atoms with E-state index in [1.807, 2.05) is 37.3 Å². The van der Waals surface area contributed by atoms with Crippen LogP contribution in [0.5, 0.6) is 0 Å². The SMILES string of the molecule is C[C@H](NC(=O)C1CCCC(N)C1)c1ccccc1. The van der Waals surface area contributed by atoms with Gasteiger partial charge in [0.1, 0.15) is 0 Å². The Morgan fingerprint density at radius 2 is 2.06 bits per heavy atom. The molecule has 3 heteroatoms. The van der Waals surface area contributed by atoms with Crippen LogP contribution in [-0.2, 0) is 4.79 Å². The lowest BCUT2D eigenvalue weighted by Gasteiger charge is -2.27. The Morgan fingerprint density at radius 3 is 2.72 bits per heavy atom. The van der Waals surface area contributed by atoms with E-state index in [4.69, 9.17) is 5.73 Å². The molecule has 1 saturated carbocycles. The Kier molecular flexibility index (Phi) is 4.37. The molecule has 2 unspecified atom stereocenters. The van der Waals surface area contributed by atoms with Crippen molar-refractivity contribution in [3.8, 4) is 0 Å². The van der Waals surface area contributed by atoms with Gasteiger partial charge in [0.25, 0.3) is 0 Å². The molecule has 0 bridgehead atoms. The fourth-order valence-corrected chi connectivity index (χ4v) is 2.62. The summed E-state index contributed by atoms with van der Waals surface area (Å²) in [6, 6.07) is 10.3. The fraction of sp³-hybridized carbons (Fsp3) is 0.533. The van der Waals surface area contributed by atoms with Crippen LogP contribution in [-0.4, -0.2) is 11.9 Å². The second-order valence-corrected chi connectivity index (χ2v) is 5.26. The zero-order valence-electron chi connectivity index (χ0n) is 10.9. The molecule has 3 N–H and O–H groups in total. The second kappa shape index (κ2) is 6.01. The maximum atomic E-state index is 12.2. The van der Waals surface area contributed by atoms with E-state index >= 15 is 0 Å². The number of hydrogen-bond acceptors (Lipinski definition) is 2. The first-order chi connectivity index (χ1) is 8.66. The molecule has 0 aromatic heterocycles. The van der Waals surface area contributed by atoms with Crippen LogP contribution >= 0.6 is 0 Å². The first-order valence-electron chi connectivity index (χ1n) is 6.77. The van der Waals surface area contributed by atoms with Gasteiger partial charge in [-0.1, -0.05) is 36.8 Å². The van der Waals surface area contributed by atoms with Crippen molar-refractivity contribution in [2.24, 2.45) is 11.7 Å². The lowest BCUT2D eigenvalue weighted by Crippen LogP contribution is -2.38. The van der Waals surface area contributed by atoms with E-state index in [1.54, 1.807) is 0 Å². The van der Waals surface area contributed by atoms with Crippen LogP contribution in [0.3, 0.4) is 0 Å². The van der Waals surface area contributed by atoms with Crippen molar-refractivity contribution < 1.29 is 4.79 Å². The van der Waals surface area contributed by atoms with E-state index in [-0.39, 0.29) is 23.9 Å². The molecule has 1 aromatic rings. The third-order valence-electron chi connectivity index (χ3n) is 3.74. The van der Waals surface area contributed by atoms with Gasteiger partial charge in [0.15, 0.2) is 0 Å². The predicted molar refractivity (Wildman–Crippen MR) is 72.9 cm³/mol. The summed E-state index contributed by atoms with van der Waals surface area (Å²) in [4.78, 5) is 12.2. The third-order valence-corrected chi connectivity index (χ3v) is 3.74. The normalized spacial score (nSPS) is 25.4. The molecule has 18 heavy (non-hydrogen) atoms. The van der Waals surface area contributed by atoms with Crippen LogP contribution in [0, 0.1) is 5.92 Å². The number of hydrogen-bond donors (Lipinski definition) is 2. The molecule has 2 rings (SSSR count). The van der Waals surface area contributed by atoms with Crippen molar-refractivity contribution in [1.29, 1.82) is 0 Å². The minimum Gasteiger partial charge on any atom is -0.349 e. The Hall–Kier alpha value is -1.35. The average Bonchev–Trinajstić information content (AvgIpc) is 2.39. The highest BCUT2D eigenvalue weighted by molar-refractivity contribution is 5.79. The molecule has 1 aromatic carbocycles. The molecule has 0 heterocycles. The Balaban J connectivity index is 1.91. The highest BCUT2D eigenvalue weighted by atomic mass is 16.1. The summed E-state index contributed by atoms with van der Waals surface area (Å²) in [5, 5.41) is 3.09. The summed E-state index contributed by atoms with van der Waals surface area (Å²) in [5.41, 5.74) is 7.07. The summed E-state index contributed by atoms with van der Waals surface area (Å²) in [7, 11) is 0. The van der Waals surface area contributed by atoms with Gasteiger partial charge in [0.05, 0.1) is 6.04 Å². The molecule has 98 valence electrons. The first-order valence-corrected chi connectivity index (χ1v) is 6.77. The van der Waals surface area contributed by atoms with E-state index in [2.05, 4.69) is 5.32 Å². The lowest BCUT2D eigenvalue weighted by atomic mass is 9.85. The number of nitrogens with two attached hydrogens (primary N) is 1. The number of carbonyl (C=O) groups excluding carboxylic acids is 1. The molecule has 0 spiro atoms. The van der Waals surface area contributed by atoms with E-state index in [0.29, 0.717) is 0 Å². The van der Waals surface area contributed by atoms with Crippen LogP contribution in [0.25, 0.3) is 0 Å². The minimum absolute atomic E-state index is 0.0665. The van der Waals surface area contributed by atoms with Gasteiger partial charge in [-0.3, -0.25) is 4.79 Å². The number of benzene rings is 1. The average molecular weight is 246 g/mol. The number of carbonyl (C=O) groups is 1. The molecule has 0 aliphatic heterocycles. The van der Waals surface area contributed by atoms with Crippen LogP contribution < -0.4 is 11.1 Å². The van der Waals surface area contributed by atoms with Crippen molar-refractivity contribution in [1.82, 2.24) is 5.32 Å². The highest BCUT2D eigenvalue weighted by Gasteiger charge is 2.26. The maximum Gasteiger partial charge on any atom is 0.223 e. The van der Waals surface area contributed by atoms with Crippen molar-refractivity contribution in [2.75, 3.05) is 0 Å². The van der Waals surface area contributed by atoms with Gasteiger partial charge >= 0.3 is 0 Å². The van der Waals surface area contributed by atoms with Crippen molar-refractivity contribution >= 4 is 5.91 Å². The Morgan fingerprint density at radius 1 is 1.33 bits per heavy atom. The standard InChI is InChI=1S/C15H22N2O/c1-11(12-6-3-2-4-7-12)17-15(18)13-8-5-9-14(16)10-13/h2-4,6-7,11,13-14H,5,8-10,16H2,1H3,(H,17,18)/t11-,13?,14?/m0/s1. The zero-order valence-corrected chi connectivity index (χ0v) is 10.9. The minimum atomic E-state index is 0.0665. The predicted octanol–water partition coefficient (Wildman–Crippen LogP) is 2.38. The summed E-state index contributed by atoms with van der Waals surface area (Å²) < 4.78 is 0. The van der Waals surface area contributed by atoms with Crippen LogP contribution in [0.15, 0.2) is 30.3 Å². The van der Waals surface area contributed by atoms with E-state index in [0.717, 1.165) is 31.2 Å². The zero-order chi connectivity index (χ0) is 13.0. The summed E-state index contributed by atoms with van der Waals surface area (Å²) in [6.45, 7) is 2.02. The second-order valence-electron chi connectivity index (χ2n) is 5.26. The maximum absolute atomic E-state index is 12.2. The largest absolute Gasteiger partial charge is 0.349 e. The number of nitrogens with one attached hydrogen (secondary N) is 1. The highest BCUT2D eigenvalue weighted by Crippen LogP contribution is 2.24. The quantitative estimate of drug-likeness (QED) is 0.860. The Labute approximate surface area is 109 Å². The molecule has 3 nitrogen and oxygen atoms in total. The molecule has 0 radical (unpaired) electrons. The third kappa shape index (κ3) is 3.33. The molecule has 1 aliphatic carbocycles. The van der Waals surface area contributed by atoms with Gasteiger partial charge in [-0.15, -0.1) is 0 Å². The molecule has 1 aliphatic rings. The monoisotopic (exact) mass is 246 g/mol. The van der Waals surface area contributed by atoms with Crippen LogP contribution in [0.4, 0.5) is 0 Å².